The van der Waals surface area contributed by atoms with Crippen LogP contribution in [0.2, 0.25) is 0 Å². The van der Waals surface area contributed by atoms with Gasteiger partial charge in [0.05, 0.1) is 12.4 Å². The fourth-order valence-electron chi connectivity index (χ4n) is 3.23. The Morgan fingerprint density at radius 2 is 1.91 bits per heavy atom. The van der Waals surface area contributed by atoms with Crippen molar-refractivity contribution in [3.63, 3.8) is 0 Å². The fourth-order valence-corrected chi connectivity index (χ4v) is 3.23. The quantitative estimate of drug-likeness (QED) is 0.227. The van der Waals surface area contributed by atoms with Crippen LogP contribution in [0.1, 0.15) is 42.5 Å². The lowest BCUT2D eigenvalue weighted by Crippen LogP contribution is -2.36. The number of aryl methyl sites for hydroxylation is 1. The predicted octanol–water partition coefficient (Wildman–Crippen LogP) is 4.90. The summed E-state index contributed by atoms with van der Waals surface area (Å²) < 4.78 is 8.18. The van der Waals surface area contributed by atoms with Crippen LogP contribution < -0.4 is 15.4 Å². The van der Waals surface area contributed by atoms with Gasteiger partial charge in [-0.2, -0.15) is 0 Å². The molecule has 2 aromatic carbocycles. The zero-order chi connectivity index (χ0) is 22.1. The largest absolute Gasteiger partial charge is 0.490 e. The smallest absolute Gasteiger partial charge is 0.191 e. The Labute approximate surface area is 208 Å². The molecule has 172 valence electrons. The van der Waals surface area contributed by atoms with Gasteiger partial charge in [0.25, 0.3) is 0 Å². The molecule has 1 heterocycles. The molecule has 0 fully saturated rings. The highest BCUT2D eigenvalue weighted by Gasteiger charge is 2.09. The Hall–Kier alpha value is -2.55. The van der Waals surface area contributed by atoms with E-state index in [1.54, 1.807) is 13.2 Å². The number of nitrogens with zero attached hydrogens (tertiary/aromatic N) is 3. The van der Waals surface area contributed by atoms with Gasteiger partial charge in [-0.3, -0.25) is 4.99 Å². The second kappa shape index (κ2) is 13.1. The molecule has 0 aliphatic heterocycles. The molecule has 3 rings (SSSR count). The first kappa shape index (κ1) is 25.7. The van der Waals surface area contributed by atoms with Crippen molar-refractivity contribution in [1.29, 1.82) is 0 Å². The second-order valence-electron chi connectivity index (χ2n) is 7.78. The number of benzene rings is 2. The number of ether oxygens (including phenoxy) is 1. The first-order valence-corrected chi connectivity index (χ1v) is 10.8. The van der Waals surface area contributed by atoms with Crippen LogP contribution in [0.25, 0.3) is 0 Å². The van der Waals surface area contributed by atoms with Crippen molar-refractivity contribution < 1.29 is 4.74 Å². The Bertz CT molecular complexity index is 988. The number of guanidine groups is 1. The maximum absolute atomic E-state index is 6.12. The molecular formula is C25H34IN5O. The minimum Gasteiger partial charge on any atom is -0.490 e. The number of imidazole rings is 1. The molecule has 0 saturated carbocycles. The zero-order valence-electron chi connectivity index (χ0n) is 19.3. The minimum atomic E-state index is 0. The number of hydrogen-bond donors (Lipinski definition) is 2. The summed E-state index contributed by atoms with van der Waals surface area (Å²) in [6, 6.07) is 14.9. The molecule has 6 nitrogen and oxygen atoms in total. The molecular weight excluding hydrogens is 513 g/mol. The molecule has 0 amide bonds. The van der Waals surface area contributed by atoms with Gasteiger partial charge in [0.1, 0.15) is 5.75 Å². The standard InChI is InChI=1S/C25H33N5O.HI/c1-5-20(3)31-24-13-19(2)9-10-23(24)16-29-25(26-4)28-15-21-7-6-8-22(14-21)17-30-12-11-27-18-30;/h6-14,18,20H,5,15-17H2,1-4H3,(H2,26,28,29);1H. The molecule has 0 bridgehead atoms. The highest BCUT2D eigenvalue weighted by molar-refractivity contribution is 14.0. The van der Waals surface area contributed by atoms with E-state index in [2.05, 4.69) is 88.4 Å². The van der Waals surface area contributed by atoms with Gasteiger partial charge in [0, 0.05) is 44.6 Å². The highest BCUT2D eigenvalue weighted by atomic mass is 127. The van der Waals surface area contributed by atoms with Crippen LogP contribution in [0.3, 0.4) is 0 Å². The molecule has 3 aromatic rings. The van der Waals surface area contributed by atoms with Gasteiger partial charge in [-0.1, -0.05) is 43.3 Å². The van der Waals surface area contributed by atoms with E-state index >= 15 is 0 Å². The van der Waals surface area contributed by atoms with Crippen LogP contribution in [0.15, 0.2) is 66.2 Å². The average Bonchev–Trinajstić information content (AvgIpc) is 3.28. The number of aromatic nitrogens is 2. The Kier molecular flexibility index (Phi) is 10.5. The normalized spacial score (nSPS) is 12.1. The maximum atomic E-state index is 6.12. The van der Waals surface area contributed by atoms with Crippen molar-refractivity contribution >= 4 is 29.9 Å². The van der Waals surface area contributed by atoms with Crippen molar-refractivity contribution in [2.45, 2.75) is 52.9 Å². The van der Waals surface area contributed by atoms with Crippen LogP contribution in [-0.2, 0) is 19.6 Å². The van der Waals surface area contributed by atoms with Gasteiger partial charge < -0.3 is 19.9 Å². The molecule has 0 aliphatic rings. The SMILES string of the molecule is CCC(C)Oc1cc(C)ccc1CNC(=NC)NCc1cccc(Cn2ccnc2)c1.I. The predicted molar refractivity (Wildman–Crippen MR) is 142 cm³/mol. The van der Waals surface area contributed by atoms with E-state index in [0.29, 0.717) is 13.1 Å². The summed E-state index contributed by atoms with van der Waals surface area (Å²) in [6.45, 7) is 8.47. The van der Waals surface area contributed by atoms with Crippen LogP contribution in [0.5, 0.6) is 5.75 Å². The zero-order valence-corrected chi connectivity index (χ0v) is 21.7. The Morgan fingerprint density at radius 3 is 2.62 bits per heavy atom. The van der Waals surface area contributed by atoms with Gasteiger partial charge in [-0.05, 0) is 43.0 Å². The first-order valence-electron chi connectivity index (χ1n) is 10.8. The van der Waals surface area contributed by atoms with Gasteiger partial charge in [-0.25, -0.2) is 4.98 Å². The van der Waals surface area contributed by atoms with E-state index in [0.717, 1.165) is 30.2 Å². The lowest BCUT2D eigenvalue weighted by atomic mass is 10.1. The van der Waals surface area contributed by atoms with Gasteiger partial charge in [0.2, 0.25) is 0 Å². The third-order valence-electron chi connectivity index (χ3n) is 5.17. The van der Waals surface area contributed by atoms with Crippen LogP contribution in [-0.4, -0.2) is 28.7 Å². The molecule has 1 atom stereocenters. The van der Waals surface area contributed by atoms with E-state index in [4.69, 9.17) is 4.74 Å². The van der Waals surface area contributed by atoms with E-state index in [1.165, 1.54) is 16.7 Å². The summed E-state index contributed by atoms with van der Waals surface area (Å²) in [5.41, 5.74) is 4.76. The van der Waals surface area contributed by atoms with Gasteiger partial charge in [-0.15, -0.1) is 24.0 Å². The summed E-state index contributed by atoms with van der Waals surface area (Å²) in [7, 11) is 1.79. The van der Waals surface area contributed by atoms with Gasteiger partial charge >= 0.3 is 0 Å². The van der Waals surface area contributed by atoms with Crippen molar-refractivity contribution in [3.05, 3.63) is 83.4 Å². The van der Waals surface area contributed by atoms with Crippen LogP contribution in [0.4, 0.5) is 0 Å². The molecule has 0 radical (unpaired) electrons. The maximum Gasteiger partial charge on any atom is 0.191 e. The van der Waals surface area contributed by atoms with Crippen LogP contribution >= 0.6 is 24.0 Å². The third-order valence-corrected chi connectivity index (χ3v) is 5.17. The third kappa shape index (κ3) is 7.85. The number of halogens is 1. The van der Waals surface area contributed by atoms with E-state index < -0.39 is 0 Å². The lowest BCUT2D eigenvalue weighted by molar-refractivity contribution is 0.215. The summed E-state index contributed by atoms with van der Waals surface area (Å²) >= 11 is 0. The van der Waals surface area contributed by atoms with Crippen molar-refractivity contribution in [2.75, 3.05) is 7.05 Å². The average molecular weight is 547 g/mol. The monoisotopic (exact) mass is 547 g/mol. The Morgan fingerprint density at radius 1 is 1.12 bits per heavy atom. The highest BCUT2D eigenvalue weighted by Crippen LogP contribution is 2.22. The number of rotatable bonds is 9. The fraction of sp³-hybridized carbons (Fsp3) is 0.360. The molecule has 1 aromatic heterocycles. The summed E-state index contributed by atoms with van der Waals surface area (Å²) in [5.74, 6) is 1.69. The number of aliphatic imine (C=N–C) groups is 1. The van der Waals surface area contributed by atoms with E-state index in [-0.39, 0.29) is 30.1 Å². The second-order valence-corrected chi connectivity index (χ2v) is 7.78. The topological polar surface area (TPSA) is 63.5 Å². The summed E-state index contributed by atoms with van der Waals surface area (Å²) in [4.78, 5) is 8.47. The number of hydrogen-bond acceptors (Lipinski definition) is 3. The number of nitrogens with one attached hydrogen (secondary N) is 2. The first-order chi connectivity index (χ1) is 15.1. The van der Waals surface area contributed by atoms with Crippen molar-refractivity contribution in [2.24, 2.45) is 4.99 Å². The van der Waals surface area contributed by atoms with Crippen LogP contribution in [0, 0.1) is 6.92 Å². The molecule has 2 N–H and O–H groups in total. The molecule has 0 spiro atoms. The molecule has 7 heteroatoms. The van der Waals surface area contributed by atoms with Gasteiger partial charge in [0.15, 0.2) is 5.96 Å². The van der Waals surface area contributed by atoms with E-state index in [9.17, 15) is 0 Å². The molecule has 0 aliphatic carbocycles. The lowest BCUT2D eigenvalue weighted by Gasteiger charge is -2.18. The van der Waals surface area contributed by atoms with Crippen molar-refractivity contribution in [1.82, 2.24) is 20.2 Å². The van der Waals surface area contributed by atoms with E-state index in [1.807, 2.05) is 12.5 Å². The molecule has 0 saturated heterocycles. The molecule has 1 unspecified atom stereocenters. The summed E-state index contributed by atoms with van der Waals surface area (Å²) in [5, 5.41) is 6.81. The minimum absolute atomic E-state index is 0. The van der Waals surface area contributed by atoms with Crippen molar-refractivity contribution in [3.8, 4) is 5.75 Å². The molecule has 32 heavy (non-hydrogen) atoms. The Balaban J connectivity index is 0.00000363. The summed E-state index contributed by atoms with van der Waals surface area (Å²) in [6.07, 6.45) is 6.77.